The van der Waals surface area contributed by atoms with Crippen LogP contribution in [0.4, 0.5) is 0 Å². The van der Waals surface area contributed by atoms with Crippen LogP contribution in [0.25, 0.3) is 0 Å². The average molecular weight is 140 g/mol. The Hall–Kier alpha value is -0.760. The van der Waals surface area contributed by atoms with Crippen LogP contribution in [0.1, 0.15) is 27.2 Å². The Bertz CT molecular complexity index is 139. The lowest BCUT2D eigenvalue weighted by atomic mass is 10.2. The zero-order chi connectivity index (χ0) is 7.98. The van der Waals surface area contributed by atoms with Crippen LogP contribution in [0.5, 0.6) is 0 Å². The van der Waals surface area contributed by atoms with E-state index in [1.54, 1.807) is 0 Å². The van der Waals surface area contributed by atoms with Crippen LogP contribution in [0.3, 0.4) is 0 Å². The molecule has 2 heteroatoms. The summed E-state index contributed by atoms with van der Waals surface area (Å²) in [5.74, 6) is 5.24. The number of hydrazine groups is 1. The fraction of sp³-hybridized carbons (Fsp3) is 0.500. The molecule has 2 nitrogen and oxygen atoms in total. The van der Waals surface area contributed by atoms with Crippen molar-refractivity contribution in [2.45, 2.75) is 27.2 Å². The molecule has 0 radical (unpaired) electrons. The summed E-state index contributed by atoms with van der Waals surface area (Å²) in [6.07, 6.45) is 5.04. The van der Waals surface area contributed by atoms with E-state index in [1.807, 2.05) is 26.0 Å². The summed E-state index contributed by atoms with van der Waals surface area (Å²) in [5, 5.41) is 0. The lowest BCUT2D eigenvalue weighted by molar-refractivity contribution is 0.825. The van der Waals surface area contributed by atoms with Crippen molar-refractivity contribution < 1.29 is 0 Å². The smallest absolute Gasteiger partial charge is 0.0259 e. The van der Waals surface area contributed by atoms with Gasteiger partial charge in [0, 0.05) is 5.70 Å². The third kappa shape index (κ3) is 3.30. The quantitative estimate of drug-likeness (QED) is 0.356. The summed E-state index contributed by atoms with van der Waals surface area (Å²) >= 11 is 0. The van der Waals surface area contributed by atoms with Crippen LogP contribution in [0.15, 0.2) is 23.4 Å². The molecule has 0 aliphatic heterocycles. The fourth-order valence-electron chi connectivity index (χ4n) is 0.604. The maximum atomic E-state index is 5.24. The van der Waals surface area contributed by atoms with E-state index >= 15 is 0 Å². The first-order chi connectivity index (χ1) is 4.74. The molecule has 0 bridgehead atoms. The van der Waals surface area contributed by atoms with Gasteiger partial charge in [-0.3, -0.25) is 5.84 Å². The lowest BCUT2D eigenvalue weighted by Gasteiger charge is -2.01. The molecule has 0 aliphatic carbocycles. The highest BCUT2D eigenvalue weighted by Crippen LogP contribution is 2.00. The SMILES string of the molecule is C/C=C(C)\C=C(\CC)NN. The van der Waals surface area contributed by atoms with E-state index in [0.717, 1.165) is 12.1 Å². The number of nitrogens with one attached hydrogen (secondary N) is 1. The standard InChI is InChI=1S/C8H16N2/c1-4-7(3)6-8(5-2)10-9/h4,6,10H,5,9H2,1-3H3/b7-4-,8-6-. The molecular weight excluding hydrogens is 124 g/mol. The van der Waals surface area contributed by atoms with Crippen LogP contribution >= 0.6 is 0 Å². The van der Waals surface area contributed by atoms with Gasteiger partial charge in [0.05, 0.1) is 0 Å². The van der Waals surface area contributed by atoms with Crippen LogP contribution in [0, 0.1) is 0 Å². The minimum absolute atomic E-state index is 0.946. The second-order valence-corrected chi connectivity index (χ2v) is 2.20. The Kier molecular flexibility index (Phi) is 4.67. The topological polar surface area (TPSA) is 38.0 Å². The molecule has 0 aromatic carbocycles. The van der Waals surface area contributed by atoms with Crippen LogP contribution in [-0.4, -0.2) is 0 Å². The van der Waals surface area contributed by atoms with Gasteiger partial charge in [0.2, 0.25) is 0 Å². The number of nitrogens with two attached hydrogens (primary N) is 1. The van der Waals surface area contributed by atoms with Gasteiger partial charge in [-0.2, -0.15) is 0 Å². The Morgan fingerprint density at radius 2 is 2.20 bits per heavy atom. The highest BCUT2D eigenvalue weighted by Gasteiger charge is 1.87. The molecule has 58 valence electrons. The van der Waals surface area contributed by atoms with Gasteiger partial charge in [-0.1, -0.05) is 18.6 Å². The number of hydrogen-bond donors (Lipinski definition) is 2. The minimum Gasteiger partial charge on any atom is -0.328 e. The van der Waals surface area contributed by atoms with Gasteiger partial charge in [-0.15, -0.1) is 0 Å². The Morgan fingerprint density at radius 3 is 2.50 bits per heavy atom. The van der Waals surface area contributed by atoms with Crippen molar-refractivity contribution in [1.29, 1.82) is 0 Å². The highest BCUT2D eigenvalue weighted by atomic mass is 15.2. The van der Waals surface area contributed by atoms with Crippen molar-refractivity contribution in [2.75, 3.05) is 0 Å². The highest BCUT2D eigenvalue weighted by molar-refractivity contribution is 5.19. The first-order valence-corrected chi connectivity index (χ1v) is 3.54. The van der Waals surface area contributed by atoms with Crippen LogP contribution in [0.2, 0.25) is 0 Å². The zero-order valence-corrected chi connectivity index (χ0v) is 6.94. The van der Waals surface area contributed by atoms with Gasteiger partial charge >= 0.3 is 0 Å². The molecule has 0 heterocycles. The van der Waals surface area contributed by atoms with Crippen molar-refractivity contribution in [2.24, 2.45) is 5.84 Å². The summed E-state index contributed by atoms with van der Waals surface area (Å²) in [6.45, 7) is 6.12. The molecule has 0 amide bonds. The lowest BCUT2D eigenvalue weighted by Crippen LogP contribution is -2.20. The molecule has 0 aromatic heterocycles. The molecule has 0 rings (SSSR count). The minimum atomic E-state index is 0.946. The van der Waals surface area contributed by atoms with Crippen molar-refractivity contribution in [3.05, 3.63) is 23.4 Å². The van der Waals surface area contributed by atoms with Crippen molar-refractivity contribution in [1.82, 2.24) is 5.43 Å². The molecule has 0 saturated carbocycles. The van der Waals surface area contributed by atoms with Gasteiger partial charge in [0.15, 0.2) is 0 Å². The van der Waals surface area contributed by atoms with Gasteiger partial charge in [0.1, 0.15) is 0 Å². The van der Waals surface area contributed by atoms with E-state index in [9.17, 15) is 0 Å². The summed E-state index contributed by atoms with van der Waals surface area (Å²) < 4.78 is 0. The largest absolute Gasteiger partial charge is 0.328 e. The van der Waals surface area contributed by atoms with E-state index in [2.05, 4.69) is 12.3 Å². The summed E-state index contributed by atoms with van der Waals surface area (Å²) in [7, 11) is 0. The average Bonchev–Trinajstić information content (AvgIpc) is 1.99. The van der Waals surface area contributed by atoms with E-state index < -0.39 is 0 Å². The zero-order valence-electron chi connectivity index (χ0n) is 6.94. The number of allylic oxidation sites excluding steroid dienone is 4. The Labute approximate surface area is 62.8 Å². The van der Waals surface area contributed by atoms with E-state index in [-0.39, 0.29) is 0 Å². The third-order valence-electron chi connectivity index (χ3n) is 1.42. The van der Waals surface area contributed by atoms with E-state index in [1.165, 1.54) is 5.57 Å². The maximum Gasteiger partial charge on any atom is 0.0259 e. The number of hydrogen-bond acceptors (Lipinski definition) is 2. The van der Waals surface area contributed by atoms with E-state index in [4.69, 9.17) is 5.84 Å². The monoisotopic (exact) mass is 140 g/mol. The molecule has 0 saturated heterocycles. The second-order valence-electron chi connectivity index (χ2n) is 2.20. The van der Waals surface area contributed by atoms with Crippen molar-refractivity contribution in [3.63, 3.8) is 0 Å². The molecule has 0 aliphatic rings. The van der Waals surface area contributed by atoms with Crippen molar-refractivity contribution >= 4 is 0 Å². The summed E-state index contributed by atoms with van der Waals surface area (Å²) in [4.78, 5) is 0. The molecule has 0 atom stereocenters. The molecule has 0 aromatic rings. The fourth-order valence-corrected chi connectivity index (χ4v) is 0.604. The van der Waals surface area contributed by atoms with Gasteiger partial charge in [-0.05, 0) is 26.3 Å². The molecule has 0 unspecified atom stereocenters. The predicted molar refractivity (Wildman–Crippen MR) is 45.1 cm³/mol. The second kappa shape index (κ2) is 5.06. The maximum absolute atomic E-state index is 5.24. The normalized spacial score (nSPS) is 13.6. The third-order valence-corrected chi connectivity index (χ3v) is 1.42. The first kappa shape index (κ1) is 9.24. The molecular formula is C8H16N2. The van der Waals surface area contributed by atoms with Crippen molar-refractivity contribution in [3.8, 4) is 0 Å². The Balaban J connectivity index is 4.10. The molecule has 0 spiro atoms. The van der Waals surface area contributed by atoms with Gasteiger partial charge in [0.25, 0.3) is 0 Å². The van der Waals surface area contributed by atoms with Crippen LogP contribution < -0.4 is 11.3 Å². The molecule has 0 fully saturated rings. The summed E-state index contributed by atoms with van der Waals surface area (Å²) in [5.41, 5.74) is 4.93. The molecule has 3 N–H and O–H groups in total. The van der Waals surface area contributed by atoms with Gasteiger partial charge in [-0.25, -0.2) is 0 Å². The van der Waals surface area contributed by atoms with Gasteiger partial charge < -0.3 is 5.43 Å². The van der Waals surface area contributed by atoms with Crippen LogP contribution in [-0.2, 0) is 0 Å². The Morgan fingerprint density at radius 1 is 1.60 bits per heavy atom. The predicted octanol–water partition coefficient (Wildman–Crippen LogP) is 1.71. The number of rotatable bonds is 3. The van der Waals surface area contributed by atoms with E-state index in [0.29, 0.717) is 0 Å². The summed E-state index contributed by atoms with van der Waals surface area (Å²) in [6, 6.07) is 0. The first-order valence-electron chi connectivity index (χ1n) is 3.54. The molecule has 10 heavy (non-hydrogen) atoms.